The first-order valence-electron chi connectivity index (χ1n) is 9.80. The molecule has 2 aromatic carbocycles. The molecule has 0 atom stereocenters. The molecule has 2 aliphatic rings. The van der Waals surface area contributed by atoms with Crippen LogP contribution in [0.25, 0.3) is 0 Å². The lowest BCUT2D eigenvalue weighted by Gasteiger charge is -2.34. The molecule has 1 saturated heterocycles. The van der Waals surface area contributed by atoms with Gasteiger partial charge in [0.2, 0.25) is 0 Å². The third-order valence-corrected chi connectivity index (χ3v) is 5.57. The Morgan fingerprint density at radius 2 is 1.90 bits per heavy atom. The van der Waals surface area contributed by atoms with Crippen molar-refractivity contribution >= 4 is 28.9 Å². The third kappa shape index (κ3) is 4.86. The Kier molecular flexibility index (Phi) is 5.69. The first-order valence-corrected chi connectivity index (χ1v) is 10.2. The SMILES string of the molecule is O=C(c1ccc(NC2CC2)c([N+](=O)[O-])c1)N1CCN(Cc2cccc(Cl)c2)CC1. The number of hydrogen-bond acceptors (Lipinski definition) is 5. The fourth-order valence-corrected chi connectivity index (χ4v) is 3.78. The normalized spacial score (nSPS) is 17.2. The molecule has 2 aromatic rings. The summed E-state index contributed by atoms with van der Waals surface area (Å²) in [6.45, 7) is 3.48. The molecule has 0 radical (unpaired) electrons. The minimum absolute atomic E-state index is 0.0395. The Morgan fingerprint density at radius 3 is 2.55 bits per heavy atom. The van der Waals surface area contributed by atoms with Crippen LogP contribution >= 0.6 is 11.6 Å². The summed E-state index contributed by atoms with van der Waals surface area (Å²) in [7, 11) is 0. The van der Waals surface area contributed by atoms with Crippen LogP contribution in [0.2, 0.25) is 5.02 Å². The first-order chi connectivity index (χ1) is 14.0. The van der Waals surface area contributed by atoms with Crippen LogP contribution in [0.5, 0.6) is 0 Å². The second kappa shape index (κ2) is 8.39. The van der Waals surface area contributed by atoms with Gasteiger partial charge in [0.25, 0.3) is 11.6 Å². The van der Waals surface area contributed by atoms with Gasteiger partial charge in [0, 0.05) is 55.4 Å². The highest BCUT2D eigenvalue weighted by atomic mass is 35.5. The van der Waals surface area contributed by atoms with Gasteiger partial charge < -0.3 is 10.2 Å². The number of anilines is 1. The van der Waals surface area contributed by atoms with Crippen LogP contribution in [0.4, 0.5) is 11.4 Å². The van der Waals surface area contributed by atoms with Crippen LogP contribution in [-0.2, 0) is 6.54 Å². The number of nitro benzene ring substituents is 1. The van der Waals surface area contributed by atoms with Crippen LogP contribution in [0, 0.1) is 10.1 Å². The predicted octanol–water partition coefficient (Wildman–Crippen LogP) is 3.78. The number of benzene rings is 2. The number of amides is 1. The zero-order valence-corrected chi connectivity index (χ0v) is 16.8. The van der Waals surface area contributed by atoms with Crippen molar-refractivity contribution in [3.63, 3.8) is 0 Å². The molecule has 0 spiro atoms. The van der Waals surface area contributed by atoms with Gasteiger partial charge in [-0.3, -0.25) is 19.8 Å². The summed E-state index contributed by atoms with van der Waals surface area (Å²) in [5.41, 5.74) is 1.95. The minimum atomic E-state index is -0.426. The van der Waals surface area contributed by atoms with Crippen molar-refractivity contribution in [1.29, 1.82) is 0 Å². The summed E-state index contributed by atoms with van der Waals surface area (Å²) in [5, 5.41) is 15.3. The van der Waals surface area contributed by atoms with Gasteiger partial charge in [-0.15, -0.1) is 0 Å². The van der Waals surface area contributed by atoms with Crippen molar-refractivity contribution in [2.75, 3.05) is 31.5 Å². The van der Waals surface area contributed by atoms with E-state index in [1.54, 1.807) is 17.0 Å². The molecule has 1 saturated carbocycles. The molecule has 0 aromatic heterocycles. The summed E-state index contributed by atoms with van der Waals surface area (Å²) in [6.07, 6.45) is 2.05. The third-order valence-electron chi connectivity index (χ3n) is 5.33. The Morgan fingerprint density at radius 1 is 1.14 bits per heavy atom. The number of nitrogens with one attached hydrogen (secondary N) is 1. The smallest absolute Gasteiger partial charge is 0.293 e. The number of hydrogen-bond donors (Lipinski definition) is 1. The molecule has 2 fully saturated rings. The topological polar surface area (TPSA) is 78.7 Å². The highest BCUT2D eigenvalue weighted by Crippen LogP contribution is 2.32. The molecule has 1 amide bonds. The van der Waals surface area contributed by atoms with Crippen LogP contribution in [0.3, 0.4) is 0 Å². The average Bonchev–Trinajstić information content (AvgIpc) is 3.52. The van der Waals surface area contributed by atoms with E-state index < -0.39 is 4.92 Å². The van der Waals surface area contributed by atoms with Crippen LogP contribution in [-0.4, -0.2) is 52.9 Å². The van der Waals surface area contributed by atoms with Gasteiger partial charge >= 0.3 is 0 Å². The van der Waals surface area contributed by atoms with Crippen LogP contribution in [0.1, 0.15) is 28.8 Å². The molecular weight excluding hydrogens is 392 g/mol. The van der Waals surface area contributed by atoms with Gasteiger partial charge in [0.1, 0.15) is 5.69 Å². The Balaban J connectivity index is 1.39. The zero-order valence-electron chi connectivity index (χ0n) is 16.0. The predicted molar refractivity (Wildman–Crippen MR) is 112 cm³/mol. The van der Waals surface area contributed by atoms with Gasteiger partial charge in [-0.25, -0.2) is 0 Å². The molecule has 4 rings (SSSR count). The Labute approximate surface area is 174 Å². The van der Waals surface area contributed by atoms with Gasteiger partial charge in [-0.1, -0.05) is 23.7 Å². The summed E-state index contributed by atoms with van der Waals surface area (Å²) in [4.78, 5) is 27.9. The van der Waals surface area contributed by atoms with Gasteiger partial charge in [0.05, 0.1) is 4.92 Å². The highest BCUT2D eigenvalue weighted by molar-refractivity contribution is 6.30. The number of halogens is 1. The Hall–Kier alpha value is -2.64. The number of piperazine rings is 1. The monoisotopic (exact) mass is 414 g/mol. The summed E-state index contributed by atoms with van der Waals surface area (Å²) in [6, 6.07) is 12.8. The Bertz CT molecular complexity index is 924. The standard InChI is InChI=1S/C21H23ClN4O3/c22-17-3-1-2-15(12-17)14-24-8-10-25(11-9-24)21(27)16-4-7-19(23-18-5-6-18)20(13-16)26(28)29/h1-4,7,12-13,18,23H,5-6,8-11,14H2. The number of rotatable bonds is 6. The van der Waals surface area contributed by atoms with Gasteiger partial charge in [-0.05, 0) is 42.7 Å². The number of nitro groups is 1. The van der Waals surface area contributed by atoms with Gasteiger partial charge in [-0.2, -0.15) is 0 Å². The fraction of sp³-hybridized carbons (Fsp3) is 0.381. The molecule has 0 unspecified atom stereocenters. The molecule has 152 valence electrons. The summed E-state index contributed by atoms with van der Waals surface area (Å²) >= 11 is 6.05. The van der Waals surface area contributed by atoms with Crippen molar-refractivity contribution < 1.29 is 9.72 Å². The maximum absolute atomic E-state index is 12.9. The summed E-state index contributed by atoms with van der Waals surface area (Å²) in [5.74, 6) is -0.159. The van der Waals surface area contributed by atoms with Crippen molar-refractivity contribution in [3.05, 3.63) is 68.7 Å². The molecular formula is C21H23ClN4O3. The van der Waals surface area contributed by atoms with E-state index in [9.17, 15) is 14.9 Å². The molecule has 7 nitrogen and oxygen atoms in total. The van der Waals surface area contributed by atoms with E-state index >= 15 is 0 Å². The van der Waals surface area contributed by atoms with E-state index in [4.69, 9.17) is 11.6 Å². The molecule has 1 heterocycles. The summed E-state index contributed by atoms with van der Waals surface area (Å²) < 4.78 is 0. The lowest BCUT2D eigenvalue weighted by molar-refractivity contribution is -0.384. The maximum atomic E-state index is 12.9. The van der Waals surface area contributed by atoms with Crippen molar-refractivity contribution in [2.45, 2.75) is 25.4 Å². The van der Waals surface area contributed by atoms with E-state index in [-0.39, 0.29) is 11.6 Å². The lowest BCUT2D eigenvalue weighted by Crippen LogP contribution is -2.48. The second-order valence-electron chi connectivity index (χ2n) is 7.61. The minimum Gasteiger partial charge on any atom is -0.377 e. The fourth-order valence-electron chi connectivity index (χ4n) is 3.57. The first kappa shape index (κ1) is 19.7. The molecule has 29 heavy (non-hydrogen) atoms. The lowest BCUT2D eigenvalue weighted by atomic mass is 10.1. The quantitative estimate of drug-likeness (QED) is 0.574. The van der Waals surface area contributed by atoms with E-state index in [0.717, 1.165) is 43.1 Å². The highest BCUT2D eigenvalue weighted by Gasteiger charge is 2.27. The van der Waals surface area contributed by atoms with Crippen molar-refractivity contribution in [2.24, 2.45) is 0 Å². The van der Waals surface area contributed by atoms with Crippen molar-refractivity contribution in [1.82, 2.24) is 9.80 Å². The van der Waals surface area contributed by atoms with Crippen LogP contribution < -0.4 is 5.32 Å². The van der Waals surface area contributed by atoms with E-state index in [0.29, 0.717) is 30.4 Å². The van der Waals surface area contributed by atoms with E-state index in [2.05, 4.69) is 10.2 Å². The number of carbonyl (C=O) groups is 1. The zero-order chi connectivity index (χ0) is 20.4. The molecule has 0 bridgehead atoms. The van der Waals surface area contributed by atoms with Crippen LogP contribution in [0.15, 0.2) is 42.5 Å². The largest absolute Gasteiger partial charge is 0.377 e. The van der Waals surface area contributed by atoms with Gasteiger partial charge in [0.15, 0.2) is 0 Å². The molecule has 1 aliphatic carbocycles. The molecule has 1 N–H and O–H groups in total. The van der Waals surface area contributed by atoms with Crippen molar-refractivity contribution in [3.8, 4) is 0 Å². The second-order valence-corrected chi connectivity index (χ2v) is 8.04. The number of carbonyl (C=O) groups excluding carboxylic acids is 1. The number of nitrogens with zero attached hydrogens (tertiary/aromatic N) is 3. The van der Waals surface area contributed by atoms with E-state index in [1.165, 1.54) is 6.07 Å². The molecule has 1 aliphatic heterocycles. The average molecular weight is 415 g/mol. The van der Waals surface area contributed by atoms with E-state index in [1.807, 2.05) is 24.3 Å². The maximum Gasteiger partial charge on any atom is 0.293 e. The molecule has 8 heteroatoms.